The molecule has 0 unspecified atom stereocenters. The first-order chi connectivity index (χ1) is 11.3. The van der Waals surface area contributed by atoms with Gasteiger partial charge in [-0.25, -0.2) is 4.98 Å². The molecule has 4 nitrogen and oxygen atoms in total. The summed E-state index contributed by atoms with van der Waals surface area (Å²) in [5, 5.41) is 2.83. The van der Waals surface area contributed by atoms with Crippen LogP contribution in [0.3, 0.4) is 0 Å². The molecule has 0 aliphatic rings. The summed E-state index contributed by atoms with van der Waals surface area (Å²) in [5.41, 5.74) is 2.13. The molecule has 1 aromatic heterocycles. The minimum Gasteiger partial charge on any atom is -0.345 e. The van der Waals surface area contributed by atoms with Gasteiger partial charge in [0.2, 0.25) is 5.91 Å². The van der Waals surface area contributed by atoms with Crippen molar-refractivity contribution in [3.63, 3.8) is 0 Å². The Bertz CT molecular complexity index is 645. The standard InChI is InChI=1S/C19H27N3O/c1-3-5-6-7-8-11-14-22-17-13-10-9-12-16(17)21-18(22)15-20-19(23)4-2/h4,9-10,12-13H,2-3,5-8,11,14-15H2,1H3,(H,20,23). The van der Waals surface area contributed by atoms with Gasteiger partial charge < -0.3 is 9.88 Å². The number of hydrogen-bond donors (Lipinski definition) is 1. The van der Waals surface area contributed by atoms with Gasteiger partial charge >= 0.3 is 0 Å². The van der Waals surface area contributed by atoms with Gasteiger partial charge in [-0.2, -0.15) is 0 Å². The SMILES string of the molecule is C=CC(=O)NCc1nc2ccccc2n1CCCCCCCC. The van der Waals surface area contributed by atoms with E-state index in [2.05, 4.69) is 34.4 Å². The first kappa shape index (κ1) is 17.3. The zero-order chi connectivity index (χ0) is 16.5. The van der Waals surface area contributed by atoms with E-state index in [1.807, 2.05) is 18.2 Å². The molecule has 4 heteroatoms. The van der Waals surface area contributed by atoms with E-state index in [9.17, 15) is 4.79 Å². The van der Waals surface area contributed by atoms with Gasteiger partial charge in [-0.05, 0) is 24.6 Å². The summed E-state index contributed by atoms with van der Waals surface area (Å²) in [5.74, 6) is 0.748. The summed E-state index contributed by atoms with van der Waals surface area (Å²) in [6, 6.07) is 8.15. The maximum Gasteiger partial charge on any atom is 0.243 e. The van der Waals surface area contributed by atoms with Gasteiger partial charge in [0, 0.05) is 6.54 Å². The van der Waals surface area contributed by atoms with E-state index in [1.165, 1.54) is 38.2 Å². The summed E-state index contributed by atoms with van der Waals surface area (Å²) in [4.78, 5) is 16.1. The molecule has 0 bridgehead atoms. The van der Waals surface area contributed by atoms with Crippen LogP contribution in [0.2, 0.25) is 0 Å². The molecule has 0 saturated heterocycles. The Morgan fingerprint density at radius 3 is 2.74 bits per heavy atom. The molecule has 0 aliphatic heterocycles. The third-order valence-electron chi connectivity index (χ3n) is 4.08. The molecular weight excluding hydrogens is 286 g/mol. The second-order valence-electron chi connectivity index (χ2n) is 5.86. The van der Waals surface area contributed by atoms with Gasteiger partial charge in [0.25, 0.3) is 0 Å². The Balaban J connectivity index is 2.02. The highest BCUT2D eigenvalue weighted by molar-refractivity contribution is 5.86. The lowest BCUT2D eigenvalue weighted by atomic mass is 10.1. The predicted octanol–water partition coefficient (Wildman–Crippen LogP) is 4.20. The van der Waals surface area contributed by atoms with Crippen LogP contribution in [-0.4, -0.2) is 15.5 Å². The van der Waals surface area contributed by atoms with E-state index in [1.54, 1.807) is 0 Å². The number of para-hydroxylation sites is 2. The molecule has 1 N–H and O–H groups in total. The Hall–Kier alpha value is -2.10. The molecule has 0 saturated carbocycles. The predicted molar refractivity (Wildman–Crippen MR) is 95.2 cm³/mol. The maximum absolute atomic E-state index is 11.4. The molecule has 0 aliphatic carbocycles. The number of nitrogens with zero attached hydrogens (tertiary/aromatic N) is 2. The summed E-state index contributed by atoms with van der Waals surface area (Å²) < 4.78 is 2.23. The molecule has 0 fully saturated rings. The molecule has 1 aromatic carbocycles. The van der Waals surface area contributed by atoms with Crippen molar-refractivity contribution < 1.29 is 4.79 Å². The number of carbonyl (C=O) groups excluding carboxylic acids is 1. The van der Waals surface area contributed by atoms with Crippen molar-refractivity contribution in [2.24, 2.45) is 0 Å². The van der Waals surface area contributed by atoms with Crippen LogP contribution in [0.25, 0.3) is 11.0 Å². The van der Waals surface area contributed by atoms with Crippen molar-refractivity contribution in [3.05, 3.63) is 42.7 Å². The van der Waals surface area contributed by atoms with Crippen molar-refractivity contribution >= 4 is 16.9 Å². The Morgan fingerprint density at radius 1 is 1.22 bits per heavy atom. The Kier molecular flexibility index (Phi) is 6.85. The molecule has 2 rings (SSSR count). The number of rotatable bonds is 10. The van der Waals surface area contributed by atoms with Crippen LogP contribution in [0.1, 0.15) is 51.3 Å². The van der Waals surface area contributed by atoms with Crippen LogP contribution in [0.4, 0.5) is 0 Å². The van der Waals surface area contributed by atoms with Gasteiger partial charge in [-0.15, -0.1) is 0 Å². The number of imidazole rings is 1. The number of unbranched alkanes of at least 4 members (excludes halogenated alkanes) is 5. The summed E-state index contributed by atoms with van der Waals surface area (Å²) >= 11 is 0. The van der Waals surface area contributed by atoms with Crippen molar-refractivity contribution in [1.82, 2.24) is 14.9 Å². The third kappa shape index (κ3) is 4.95. The zero-order valence-corrected chi connectivity index (χ0v) is 14.1. The first-order valence-electron chi connectivity index (χ1n) is 8.60. The average Bonchev–Trinajstić information content (AvgIpc) is 2.93. The molecular formula is C19H27N3O. The van der Waals surface area contributed by atoms with E-state index in [4.69, 9.17) is 0 Å². The van der Waals surface area contributed by atoms with Crippen LogP contribution in [0.5, 0.6) is 0 Å². The van der Waals surface area contributed by atoms with E-state index in [-0.39, 0.29) is 5.91 Å². The third-order valence-corrected chi connectivity index (χ3v) is 4.08. The van der Waals surface area contributed by atoms with Gasteiger partial charge in [0.1, 0.15) is 5.82 Å². The summed E-state index contributed by atoms with van der Waals surface area (Å²) in [7, 11) is 0. The number of carbonyl (C=O) groups is 1. The maximum atomic E-state index is 11.4. The molecule has 124 valence electrons. The molecule has 0 spiro atoms. The number of fused-ring (bicyclic) bond motifs is 1. The van der Waals surface area contributed by atoms with E-state index < -0.39 is 0 Å². The average molecular weight is 313 g/mol. The minimum absolute atomic E-state index is 0.164. The largest absolute Gasteiger partial charge is 0.345 e. The molecule has 0 atom stereocenters. The van der Waals surface area contributed by atoms with Crippen LogP contribution < -0.4 is 5.32 Å². The molecule has 1 heterocycles. The van der Waals surface area contributed by atoms with E-state index in [0.29, 0.717) is 6.54 Å². The van der Waals surface area contributed by atoms with Gasteiger partial charge in [-0.3, -0.25) is 4.79 Å². The lowest BCUT2D eigenvalue weighted by molar-refractivity contribution is -0.116. The van der Waals surface area contributed by atoms with Gasteiger partial charge in [0.15, 0.2) is 0 Å². The fourth-order valence-electron chi connectivity index (χ4n) is 2.80. The molecule has 0 radical (unpaired) electrons. The lowest BCUT2D eigenvalue weighted by Gasteiger charge is -2.09. The van der Waals surface area contributed by atoms with Crippen molar-refractivity contribution in [2.45, 2.75) is 58.5 Å². The number of nitrogens with one attached hydrogen (secondary N) is 1. The Labute approximate surface area is 138 Å². The van der Waals surface area contributed by atoms with Gasteiger partial charge in [0.05, 0.1) is 17.6 Å². The normalized spacial score (nSPS) is 10.8. The van der Waals surface area contributed by atoms with Crippen LogP contribution in [0.15, 0.2) is 36.9 Å². The minimum atomic E-state index is -0.164. The fourth-order valence-corrected chi connectivity index (χ4v) is 2.80. The second kappa shape index (κ2) is 9.13. The fraction of sp³-hybridized carbons (Fsp3) is 0.474. The monoisotopic (exact) mass is 313 g/mol. The highest BCUT2D eigenvalue weighted by atomic mass is 16.1. The van der Waals surface area contributed by atoms with E-state index in [0.717, 1.165) is 29.8 Å². The smallest absolute Gasteiger partial charge is 0.243 e. The van der Waals surface area contributed by atoms with Crippen LogP contribution in [-0.2, 0) is 17.9 Å². The highest BCUT2D eigenvalue weighted by Crippen LogP contribution is 2.17. The number of aryl methyl sites for hydroxylation is 1. The number of hydrogen-bond acceptors (Lipinski definition) is 2. The molecule has 23 heavy (non-hydrogen) atoms. The molecule has 2 aromatic rings. The van der Waals surface area contributed by atoms with Crippen molar-refractivity contribution in [3.8, 4) is 0 Å². The van der Waals surface area contributed by atoms with Crippen molar-refractivity contribution in [2.75, 3.05) is 0 Å². The molecule has 1 amide bonds. The first-order valence-corrected chi connectivity index (χ1v) is 8.60. The van der Waals surface area contributed by atoms with Gasteiger partial charge in [-0.1, -0.05) is 57.7 Å². The quantitative estimate of drug-likeness (QED) is 0.528. The van der Waals surface area contributed by atoms with Crippen LogP contribution in [0, 0.1) is 0 Å². The number of amides is 1. The van der Waals surface area contributed by atoms with Crippen molar-refractivity contribution in [1.29, 1.82) is 0 Å². The lowest BCUT2D eigenvalue weighted by Crippen LogP contribution is -2.22. The zero-order valence-electron chi connectivity index (χ0n) is 14.1. The second-order valence-corrected chi connectivity index (χ2v) is 5.86. The summed E-state index contributed by atoms with van der Waals surface area (Å²) in [6.45, 7) is 7.11. The number of aromatic nitrogens is 2. The Morgan fingerprint density at radius 2 is 1.96 bits per heavy atom. The topological polar surface area (TPSA) is 46.9 Å². The van der Waals surface area contributed by atoms with E-state index >= 15 is 0 Å². The van der Waals surface area contributed by atoms with Crippen LogP contribution >= 0.6 is 0 Å². The highest BCUT2D eigenvalue weighted by Gasteiger charge is 2.10. The summed E-state index contributed by atoms with van der Waals surface area (Å²) in [6.07, 6.45) is 8.90. The number of benzene rings is 1.